The fourth-order valence-corrected chi connectivity index (χ4v) is 13.5. The number of benzene rings is 2. The van der Waals surface area contributed by atoms with Crippen LogP contribution in [0.3, 0.4) is 0 Å². The summed E-state index contributed by atoms with van der Waals surface area (Å²) in [5.74, 6) is -3.23. The zero-order chi connectivity index (χ0) is 60.9. The Balaban J connectivity index is 1.04. The first-order valence-corrected chi connectivity index (χ1v) is 32.4. The van der Waals surface area contributed by atoms with Gasteiger partial charge < -0.3 is 44.9 Å². The van der Waals surface area contributed by atoms with Crippen LogP contribution in [-0.4, -0.2) is 189 Å². The highest BCUT2D eigenvalue weighted by Crippen LogP contribution is 2.31. The van der Waals surface area contributed by atoms with Crippen molar-refractivity contribution in [1.82, 2.24) is 50.2 Å². The molecule has 25 heteroatoms. The summed E-state index contributed by atoms with van der Waals surface area (Å²) in [6.45, 7) is 10.9. The largest absolute Gasteiger partial charge is 0.415 e. The van der Waals surface area contributed by atoms with Crippen molar-refractivity contribution >= 4 is 94.5 Å². The molecular formula is C58H84Br2N10O12S. The van der Waals surface area contributed by atoms with Gasteiger partial charge in [-0.3, -0.25) is 38.4 Å². The second-order valence-corrected chi connectivity index (χ2v) is 25.8. The molecule has 2 saturated heterocycles. The van der Waals surface area contributed by atoms with E-state index in [9.17, 15) is 42.0 Å². The molecule has 0 bridgehead atoms. The van der Waals surface area contributed by atoms with E-state index in [1.165, 1.54) is 14.2 Å². The van der Waals surface area contributed by atoms with Gasteiger partial charge >= 0.3 is 6.09 Å². The van der Waals surface area contributed by atoms with Gasteiger partial charge in [-0.25, -0.2) is 23.2 Å². The molecule has 83 heavy (non-hydrogen) atoms. The number of halogens is 2. The molecule has 0 spiro atoms. The lowest BCUT2D eigenvalue weighted by molar-refractivity contribution is -0.146. The summed E-state index contributed by atoms with van der Waals surface area (Å²) in [5, 5.41) is 9.00. The Kier molecular flexibility index (Phi) is 24.7. The summed E-state index contributed by atoms with van der Waals surface area (Å²) in [7, 11) is 4.22. The molecule has 0 radical (unpaired) electrons. The van der Waals surface area contributed by atoms with E-state index in [0.29, 0.717) is 104 Å². The number of carbonyl (C=O) groups is 7. The van der Waals surface area contributed by atoms with E-state index in [4.69, 9.17) is 14.2 Å². The Morgan fingerprint density at radius 1 is 0.795 bits per heavy atom. The monoisotopic (exact) mass is 1300 g/mol. The van der Waals surface area contributed by atoms with Gasteiger partial charge in [-0.05, 0) is 106 Å². The number of nitrogens with zero attached hydrogens (tertiary/aromatic N) is 6. The number of aromatic nitrogens is 2. The molecule has 7 amide bonds. The van der Waals surface area contributed by atoms with Crippen LogP contribution in [0.5, 0.6) is 5.75 Å². The first kappa shape index (κ1) is 66.8. The summed E-state index contributed by atoms with van der Waals surface area (Å²) in [5.41, 5.74) is 3.97. The van der Waals surface area contributed by atoms with Crippen LogP contribution in [0.25, 0.3) is 11.0 Å². The summed E-state index contributed by atoms with van der Waals surface area (Å²) in [6.07, 6.45) is 1.61. The number of hydrogen-bond donors (Lipinski definition) is 4. The van der Waals surface area contributed by atoms with Crippen molar-refractivity contribution in [3.8, 4) is 5.75 Å². The van der Waals surface area contributed by atoms with E-state index >= 15 is 0 Å². The van der Waals surface area contributed by atoms with Gasteiger partial charge in [-0.2, -0.15) is 0 Å². The number of alkyl halides is 2. The number of rotatable bonds is 28. The number of piperidine rings is 1. The molecule has 3 fully saturated rings. The Morgan fingerprint density at radius 2 is 1.45 bits per heavy atom. The smallest absolute Gasteiger partial charge is 0.410 e. The van der Waals surface area contributed by atoms with Gasteiger partial charge in [0.1, 0.15) is 11.8 Å². The van der Waals surface area contributed by atoms with E-state index in [-0.39, 0.29) is 66.5 Å². The third-order valence-electron chi connectivity index (χ3n) is 16.3. The number of sulfonamides is 1. The number of fused-ring (bicyclic) bond motifs is 1. The average Bonchev–Trinajstić information content (AvgIpc) is 4.47. The minimum Gasteiger partial charge on any atom is -0.410 e. The second kappa shape index (κ2) is 30.6. The number of carbonyl (C=O) groups excluding carboxylic acids is 7. The number of likely N-dealkylation sites (tertiary alicyclic amines) is 2. The molecule has 458 valence electrons. The number of nitrogens with one attached hydrogen (secondary N) is 4. The van der Waals surface area contributed by atoms with E-state index in [2.05, 4.69) is 62.5 Å². The van der Waals surface area contributed by atoms with Crippen LogP contribution >= 0.6 is 31.9 Å². The topological polar surface area (TPSA) is 268 Å². The van der Waals surface area contributed by atoms with Crippen LogP contribution in [0.4, 0.5) is 4.79 Å². The number of hydrogen-bond acceptors (Lipinski definition) is 15. The highest BCUT2D eigenvalue weighted by atomic mass is 79.9. The summed E-state index contributed by atoms with van der Waals surface area (Å²) < 4.78 is 46.0. The van der Waals surface area contributed by atoms with Gasteiger partial charge in [-0.15, -0.1) is 0 Å². The van der Waals surface area contributed by atoms with Crippen LogP contribution in [0.2, 0.25) is 0 Å². The maximum Gasteiger partial charge on any atom is 0.415 e. The third kappa shape index (κ3) is 17.6. The summed E-state index contributed by atoms with van der Waals surface area (Å²) in [6, 6.07) is 8.78. The van der Waals surface area contributed by atoms with E-state index in [0.717, 1.165) is 11.4 Å². The maximum atomic E-state index is 14.4. The van der Waals surface area contributed by atoms with Crippen LogP contribution < -0.4 is 25.4 Å². The number of likely N-dealkylation sites (N-methyl/N-ethyl adjacent to an activating group) is 2. The van der Waals surface area contributed by atoms with Gasteiger partial charge in [0.25, 0.3) is 11.8 Å². The molecule has 3 aromatic rings. The number of ether oxygens (including phenoxy) is 3. The normalized spacial score (nSPS) is 18.4. The fourth-order valence-electron chi connectivity index (χ4n) is 11.3. The molecule has 3 heterocycles. The van der Waals surface area contributed by atoms with Gasteiger partial charge in [0, 0.05) is 70.1 Å². The van der Waals surface area contributed by atoms with Crippen molar-refractivity contribution in [2.75, 3.05) is 68.1 Å². The van der Waals surface area contributed by atoms with Crippen molar-refractivity contribution < 1.29 is 56.2 Å². The highest BCUT2D eigenvalue weighted by Gasteiger charge is 2.44. The van der Waals surface area contributed by atoms with Gasteiger partial charge in [-0.1, -0.05) is 85.0 Å². The molecule has 8 atom stereocenters. The predicted molar refractivity (Wildman–Crippen MR) is 321 cm³/mol. The van der Waals surface area contributed by atoms with Crippen molar-refractivity contribution in [2.45, 2.75) is 145 Å². The van der Waals surface area contributed by atoms with E-state index < -0.39 is 75.5 Å². The Morgan fingerprint density at radius 3 is 2.02 bits per heavy atom. The number of amides is 7. The lowest BCUT2D eigenvalue weighted by Crippen LogP contribution is -2.56. The molecule has 2 aliphatic heterocycles. The Labute approximate surface area is 505 Å². The van der Waals surface area contributed by atoms with Crippen molar-refractivity contribution in [3.63, 3.8) is 0 Å². The van der Waals surface area contributed by atoms with Crippen LogP contribution in [-0.2, 0) is 60.6 Å². The third-order valence-corrected chi connectivity index (χ3v) is 19.2. The first-order chi connectivity index (χ1) is 39.4. The van der Waals surface area contributed by atoms with Crippen molar-refractivity contribution in [2.24, 2.45) is 23.7 Å². The maximum absolute atomic E-state index is 14.4. The zero-order valence-corrected chi connectivity index (χ0v) is 53.4. The fraction of sp³-hybridized carbons (Fsp3) is 0.638. The molecule has 3 aliphatic rings. The number of methoxy groups -OCH3 is 2. The van der Waals surface area contributed by atoms with E-state index in [1.54, 1.807) is 71.1 Å². The van der Waals surface area contributed by atoms with Gasteiger partial charge in [0.05, 0.1) is 76.9 Å². The van der Waals surface area contributed by atoms with Crippen molar-refractivity contribution in [1.29, 1.82) is 0 Å². The molecule has 1 unspecified atom stereocenters. The lowest BCUT2D eigenvalue weighted by atomic mass is 9.90. The summed E-state index contributed by atoms with van der Waals surface area (Å²) in [4.78, 5) is 112. The van der Waals surface area contributed by atoms with Gasteiger partial charge in [0.2, 0.25) is 33.7 Å². The molecule has 6 rings (SSSR count). The zero-order valence-electron chi connectivity index (χ0n) is 49.5. The highest BCUT2D eigenvalue weighted by molar-refractivity contribution is 9.09. The molecule has 1 aliphatic carbocycles. The minimum absolute atomic E-state index is 0.0131. The van der Waals surface area contributed by atoms with Crippen LogP contribution in [0.1, 0.15) is 113 Å². The van der Waals surface area contributed by atoms with Crippen LogP contribution in [0.15, 0.2) is 42.5 Å². The van der Waals surface area contributed by atoms with Crippen LogP contribution in [0, 0.1) is 23.7 Å². The van der Waals surface area contributed by atoms with E-state index in [1.807, 2.05) is 46.7 Å². The quantitative estimate of drug-likeness (QED) is 0.0671. The standard InChI is InChI=1S/C58H84Br2N10O12S/c1-11-35(4)52(68(8)50(72)33-62-57(76)51(34(2)3)67(6)7)48(80-9)29-49(71)70-24-12-13-47(70)53(81-10)36(5)54(73)65-44(56(75)66-83(78,79)41-19-20-41)27-37-14-17-40(18-15-37)82-58(77)69-25-22-38(23-26-69)32-61-55(74)39-16-21-42-43(28-39)64-46(31-60)45(30-59)63-42/h14-18,21,28,34-36,38,41,44,47-48,51-53H,11-13,19-20,22-27,29-33H2,1-10H3,(H,61,74)(H,62,76)(H,65,73)(H,66,75)/t35-,36+,44-,47-,48+,51?,52-,53+/m0/s1. The molecule has 1 aromatic heterocycles. The second-order valence-electron chi connectivity index (χ2n) is 22.7. The van der Waals surface area contributed by atoms with Gasteiger partial charge in [0.15, 0.2) is 0 Å². The Bertz CT molecular complexity index is 2860. The molecule has 2 aromatic carbocycles. The van der Waals surface area contributed by atoms with Crippen molar-refractivity contribution in [3.05, 3.63) is 65.0 Å². The molecule has 4 N–H and O–H groups in total. The summed E-state index contributed by atoms with van der Waals surface area (Å²) >= 11 is 6.91. The minimum atomic E-state index is -4.00. The molecular weight excluding hydrogens is 1220 g/mol. The predicted octanol–water partition coefficient (Wildman–Crippen LogP) is 5.32. The average molecular weight is 1310 g/mol. The molecule has 22 nitrogen and oxygen atoms in total. The Hall–Kier alpha value is -5.34. The SMILES string of the molecule is CC[C@H](C)[C@@H]([C@@H](CC(=O)N1CCC[C@H]1[C@H](OC)[C@@H](C)C(=O)N[C@@H](Cc1ccc(OC(=O)N2CCC(CNC(=O)c3ccc4nc(CBr)c(CBr)nc4c3)CC2)cc1)C(=O)NS(=O)(=O)C1CC1)OC)N(C)C(=O)CNC(=O)C(C(C)C)N(C)C. The first-order valence-electron chi connectivity index (χ1n) is 28.6. The lowest BCUT2D eigenvalue weighted by Gasteiger charge is -2.39. The molecule has 1 saturated carbocycles.